The van der Waals surface area contributed by atoms with Gasteiger partial charge in [-0.2, -0.15) is 5.26 Å². The Kier molecular flexibility index (Phi) is 5.24. The number of aromatic nitrogens is 1. The van der Waals surface area contributed by atoms with Gasteiger partial charge in [0, 0.05) is 24.7 Å². The van der Waals surface area contributed by atoms with Crippen LogP contribution >= 0.6 is 0 Å². The fraction of sp³-hybridized carbons (Fsp3) is 0.389. The molecule has 3 rings (SSSR count). The zero-order valence-electron chi connectivity index (χ0n) is 13.4. The third kappa shape index (κ3) is 3.81. The normalized spacial score (nSPS) is 17.0. The molecular weight excluding hydrogens is 304 g/mol. The molecule has 2 heterocycles. The SMILES string of the molecule is N#C[C@@H]1CCCN1C(=O)CNCCOc1ccc2ncccc2c1. The predicted molar refractivity (Wildman–Crippen MR) is 90.5 cm³/mol. The lowest BCUT2D eigenvalue weighted by Gasteiger charge is -2.19. The third-order valence-electron chi connectivity index (χ3n) is 4.12. The number of benzene rings is 1. The number of pyridine rings is 1. The van der Waals surface area contributed by atoms with Gasteiger partial charge in [-0.25, -0.2) is 0 Å². The van der Waals surface area contributed by atoms with Crippen LogP contribution in [0.2, 0.25) is 0 Å². The fourth-order valence-corrected chi connectivity index (χ4v) is 2.88. The van der Waals surface area contributed by atoms with Gasteiger partial charge in [-0.1, -0.05) is 6.07 Å². The van der Waals surface area contributed by atoms with Gasteiger partial charge in [0.25, 0.3) is 0 Å². The van der Waals surface area contributed by atoms with Gasteiger partial charge in [0.15, 0.2) is 0 Å². The first-order valence-electron chi connectivity index (χ1n) is 8.15. The molecule has 0 radical (unpaired) electrons. The molecule has 1 aliphatic rings. The van der Waals surface area contributed by atoms with Crippen molar-refractivity contribution in [2.24, 2.45) is 0 Å². The molecule has 0 spiro atoms. The summed E-state index contributed by atoms with van der Waals surface area (Å²) in [6.07, 6.45) is 3.45. The van der Waals surface area contributed by atoms with Crippen LogP contribution in [0.5, 0.6) is 5.75 Å². The van der Waals surface area contributed by atoms with Gasteiger partial charge in [-0.05, 0) is 37.1 Å². The Labute approximate surface area is 141 Å². The monoisotopic (exact) mass is 324 g/mol. The van der Waals surface area contributed by atoms with Crippen LogP contribution in [-0.4, -0.2) is 48.1 Å². The number of ether oxygens (including phenoxy) is 1. The second kappa shape index (κ2) is 7.75. The molecule has 0 bridgehead atoms. The number of fused-ring (bicyclic) bond motifs is 1. The highest BCUT2D eigenvalue weighted by atomic mass is 16.5. The lowest BCUT2D eigenvalue weighted by atomic mass is 10.2. The van der Waals surface area contributed by atoms with E-state index in [1.807, 2.05) is 30.3 Å². The number of carbonyl (C=O) groups excluding carboxylic acids is 1. The molecule has 1 aromatic heterocycles. The van der Waals surface area contributed by atoms with E-state index in [9.17, 15) is 4.79 Å². The number of hydrogen-bond donors (Lipinski definition) is 1. The minimum Gasteiger partial charge on any atom is -0.492 e. The Balaban J connectivity index is 1.40. The lowest BCUT2D eigenvalue weighted by molar-refractivity contribution is -0.130. The lowest BCUT2D eigenvalue weighted by Crippen LogP contribution is -2.41. The summed E-state index contributed by atoms with van der Waals surface area (Å²) in [5.74, 6) is 0.767. The van der Waals surface area contributed by atoms with Crippen molar-refractivity contribution < 1.29 is 9.53 Å². The zero-order chi connectivity index (χ0) is 16.8. The highest BCUT2D eigenvalue weighted by Gasteiger charge is 2.27. The maximum Gasteiger partial charge on any atom is 0.237 e. The van der Waals surface area contributed by atoms with Gasteiger partial charge in [-0.15, -0.1) is 0 Å². The molecule has 1 fully saturated rings. The summed E-state index contributed by atoms with van der Waals surface area (Å²) in [5.41, 5.74) is 0.936. The summed E-state index contributed by atoms with van der Waals surface area (Å²) in [6, 6.07) is 11.6. The van der Waals surface area contributed by atoms with Gasteiger partial charge >= 0.3 is 0 Å². The first-order valence-corrected chi connectivity index (χ1v) is 8.15. The number of nitrogens with one attached hydrogen (secondary N) is 1. The van der Waals surface area contributed by atoms with Crippen molar-refractivity contribution in [3.63, 3.8) is 0 Å². The molecule has 1 saturated heterocycles. The molecule has 6 heteroatoms. The van der Waals surface area contributed by atoms with Gasteiger partial charge in [-0.3, -0.25) is 9.78 Å². The van der Waals surface area contributed by atoms with Crippen LogP contribution in [0.25, 0.3) is 10.9 Å². The van der Waals surface area contributed by atoms with Crippen LogP contribution in [0.1, 0.15) is 12.8 Å². The van der Waals surface area contributed by atoms with Gasteiger partial charge in [0.2, 0.25) is 5.91 Å². The van der Waals surface area contributed by atoms with Crippen LogP contribution in [0.3, 0.4) is 0 Å². The third-order valence-corrected chi connectivity index (χ3v) is 4.12. The van der Waals surface area contributed by atoms with E-state index in [0.717, 1.165) is 29.5 Å². The van der Waals surface area contributed by atoms with Crippen LogP contribution in [0, 0.1) is 11.3 Å². The summed E-state index contributed by atoms with van der Waals surface area (Å²) in [7, 11) is 0. The van der Waals surface area contributed by atoms with E-state index in [1.54, 1.807) is 11.1 Å². The standard InChI is InChI=1S/C18H20N4O2/c19-12-15-4-2-9-22(15)18(23)13-20-8-10-24-16-5-6-17-14(11-16)3-1-7-21-17/h1,3,5-7,11,15,20H,2,4,8-10,13H2/t15-/m0/s1. The van der Waals surface area contributed by atoms with Crippen LogP contribution in [0.15, 0.2) is 36.5 Å². The van der Waals surface area contributed by atoms with Crippen molar-refractivity contribution >= 4 is 16.8 Å². The molecule has 0 saturated carbocycles. The molecular formula is C18H20N4O2. The van der Waals surface area contributed by atoms with E-state index in [1.165, 1.54) is 0 Å². The number of nitrogens with zero attached hydrogens (tertiary/aromatic N) is 3. The quantitative estimate of drug-likeness (QED) is 0.819. The molecule has 124 valence electrons. The first kappa shape index (κ1) is 16.2. The summed E-state index contributed by atoms with van der Waals surface area (Å²) in [5, 5.41) is 13.1. The number of amides is 1. The summed E-state index contributed by atoms with van der Waals surface area (Å²) in [4.78, 5) is 18.0. The van der Waals surface area contributed by atoms with Crippen molar-refractivity contribution in [1.82, 2.24) is 15.2 Å². The molecule has 1 aromatic carbocycles. The van der Waals surface area contributed by atoms with Crippen molar-refractivity contribution in [2.75, 3.05) is 26.2 Å². The van der Waals surface area contributed by atoms with E-state index < -0.39 is 0 Å². The molecule has 1 amide bonds. The molecule has 1 N–H and O–H groups in total. The fourth-order valence-electron chi connectivity index (χ4n) is 2.88. The smallest absolute Gasteiger partial charge is 0.237 e. The van der Waals surface area contributed by atoms with Gasteiger partial charge < -0.3 is 15.0 Å². The summed E-state index contributed by atoms with van der Waals surface area (Å²) in [6.45, 7) is 1.96. The Bertz CT molecular complexity index is 756. The number of carbonyl (C=O) groups is 1. The van der Waals surface area contributed by atoms with E-state index >= 15 is 0 Å². The highest BCUT2D eigenvalue weighted by molar-refractivity contribution is 5.80. The van der Waals surface area contributed by atoms with E-state index in [-0.39, 0.29) is 18.5 Å². The number of nitriles is 1. The average molecular weight is 324 g/mol. The predicted octanol–water partition coefficient (Wildman–Crippen LogP) is 1.72. The van der Waals surface area contributed by atoms with Crippen molar-refractivity contribution in [3.05, 3.63) is 36.5 Å². The Hall–Kier alpha value is -2.65. The second-order valence-electron chi connectivity index (χ2n) is 5.76. The van der Waals surface area contributed by atoms with E-state index in [4.69, 9.17) is 10.00 Å². The minimum atomic E-state index is -0.262. The molecule has 0 aliphatic carbocycles. The summed E-state index contributed by atoms with van der Waals surface area (Å²) >= 11 is 0. The van der Waals surface area contributed by atoms with Gasteiger partial charge in [0.05, 0.1) is 18.1 Å². The van der Waals surface area contributed by atoms with Crippen LogP contribution in [0.4, 0.5) is 0 Å². The maximum atomic E-state index is 12.1. The zero-order valence-corrected chi connectivity index (χ0v) is 13.4. The molecule has 2 aromatic rings. The average Bonchev–Trinajstić information content (AvgIpc) is 3.10. The number of hydrogen-bond acceptors (Lipinski definition) is 5. The molecule has 1 aliphatic heterocycles. The molecule has 1 atom stereocenters. The number of rotatable bonds is 6. The highest BCUT2D eigenvalue weighted by Crippen LogP contribution is 2.18. The van der Waals surface area contributed by atoms with Crippen molar-refractivity contribution in [3.8, 4) is 11.8 Å². The van der Waals surface area contributed by atoms with Crippen molar-refractivity contribution in [1.29, 1.82) is 5.26 Å². The molecule has 6 nitrogen and oxygen atoms in total. The van der Waals surface area contributed by atoms with Crippen molar-refractivity contribution in [2.45, 2.75) is 18.9 Å². The Morgan fingerprint density at radius 2 is 2.38 bits per heavy atom. The topological polar surface area (TPSA) is 78.2 Å². The molecule has 0 unspecified atom stereocenters. The van der Waals surface area contributed by atoms with Crippen LogP contribution < -0.4 is 10.1 Å². The van der Waals surface area contributed by atoms with E-state index in [0.29, 0.717) is 19.7 Å². The van der Waals surface area contributed by atoms with Crippen LogP contribution in [-0.2, 0) is 4.79 Å². The largest absolute Gasteiger partial charge is 0.492 e. The second-order valence-corrected chi connectivity index (χ2v) is 5.76. The Morgan fingerprint density at radius 1 is 1.46 bits per heavy atom. The number of likely N-dealkylation sites (tertiary alicyclic amines) is 1. The maximum absolute atomic E-state index is 12.1. The molecule has 24 heavy (non-hydrogen) atoms. The first-order chi connectivity index (χ1) is 11.8. The minimum absolute atomic E-state index is 0.0178. The Morgan fingerprint density at radius 3 is 3.25 bits per heavy atom. The summed E-state index contributed by atoms with van der Waals surface area (Å²) < 4.78 is 5.70. The van der Waals surface area contributed by atoms with Gasteiger partial charge in [0.1, 0.15) is 18.4 Å². The van der Waals surface area contributed by atoms with E-state index in [2.05, 4.69) is 16.4 Å².